The molecule has 2 amide bonds. The summed E-state index contributed by atoms with van der Waals surface area (Å²) in [6.07, 6.45) is -0.831. The number of aliphatic hydroxyl groups excluding tert-OH is 1. The Morgan fingerprint density at radius 2 is 1.88 bits per heavy atom. The zero-order valence-electron chi connectivity index (χ0n) is 13.6. The number of ether oxygens (including phenoxy) is 1. The molecular formula is C18H20N2O4. The van der Waals surface area contributed by atoms with Crippen molar-refractivity contribution in [2.45, 2.75) is 13.0 Å². The van der Waals surface area contributed by atoms with Crippen LogP contribution in [-0.4, -0.2) is 30.6 Å². The lowest BCUT2D eigenvalue weighted by Crippen LogP contribution is -2.28. The van der Waals surface area contributed by atoms with Gasteiger partial charge in [0.15, 0.2) is 0 Å². The highest BCUT2D eigenvalue weighted by atomic mass is 16.5. The van der Waals surface area contributed by atoms with Crippen molar-refractivity contribution in [3.05, 3.63) is 59.7 Å². The van der Waals surface area contributed by atoms with Crippen molar-refractivity contribution in [2.75, 3.05) is 19.0 Å². The third kappa shape index (κ3) is 4.82. The molecule has 24 heavy (non-hydrogen) atoms. The first kappa shape index (κ1) is 17.5. The normalized spacial score (nSPS) is 11.5. The SMILES string of the molecule is COc1cccc(C(O)CNC(=O)c2ccc(NC(C)=O)cc2)c1. The number of aliphatic hydroxyl groups is 1. The summed E-state index contributed by atoms with van der Waals surface area (Å²) in [5.74, 6) is 0.173. The van der Waals surface area contributed by atoms with Gasteiger partial charge in [-0.25, -0.2) is 0 Å². The molecule has 0 bridgehead atoms. The molecule has 0 saturated carbocycles. The number of carbonyl (C=O) groups excluding carboxylic acids is 2. The molecule has 0 spiro atoms. The van der Waals surface area contributed by atoms with Crippen molar-refractivity contribution in [1.82, 2.24) is 5.32 Å². The minimum atomic E-state index is -0.831. The summed E-state index contributed by atoms with van der Waals surface area (Å²) in [4.78, 5) is 23.1. The average Bonchev–Trinajstić information content (AvgIpc) is 2.59. The molecule has 1 unspecified atom stereocenters. The van der Waals surface area contributed by atoms with Gasteiger partial charge < -0.3 is 20.5 Å². The third-order valence-corrected chi connectivity index (χ3v) is 3.40. The Hall–Kier alpha value is -2.86. The summed E-state index contributed by atoms with van der Waals surface area (Å²) in [5.41, 5.74) is 1.73. The van der Waals surface area contributed by atoms with Gasteiger partial charge in [0.2, 0.25) is 5.91 Å². The number of anilines is 1. The first-order valence-corrected chi connectivity index (χ1v) is 7.47. The lowest BCUT2D eigenvalue weighted by Gasteiger charge is -2.13. The van der Waals surface area contributed by atoms with Gasteiger partial charge in [0.05, 0.1) is 13.2 Å². The molecule has 0 aromatic heterocycles. The Kier molecular flexibility index (Phi) is 5.92. The molecule has 0 aliphatic rings. The fourth-order valence-corrected chi connectivity index (χ4v) is 2.17. The van der Waals surface area contributed by atoms with Crippen molar-refractivity contribution in [1.29, 1.82) is 0 Å². The first-order valence-electron chi connectivity index (χ1n) is 7.47. The van der Waals surface area contributed by atoms with E-state index >= 15 is 0 Å². The number of carbonyl (C=O) groups is 2. The number of amides is 2. The van der Waals surface area contributed by atoms with E-state index in [0.717, 1.165) is 0 Å². The maximum absolute atomic E-state index is 12.1. The van der Waals surface area contributed by atoms with Crippen LogP contribution < -0.4 is 15.4 Å². The van der Waals surface area contributed by atoms with Crippen LogP contribution in [0, 0.1) is 0 Å². The largest absolute Gasteiger partial charge is 0.497 e. The second-order valence-electron chi connectivity index (χ2n) is 5.26. The fraction of sp³-hybridized carbons (Fsp3) is 0.222. The van der Waals surface area contributed by atoms with Crippen molar-refractivity contribution in [3.8, 4) is 5.75 Å². The molecule has 0 aliphatic carbocycles. The van der Waals surface area contributed by atoms with Crippen LogP contribution in [0.15, 0.2) is 48.5 Å². The van der Waals surface area contributed by atoms with Gasteiger partial charge in [-0.1, -0.05) is 12.1 Å². The highest BCUT2D eigenvalue weighted by molar-refractivity contribution is 5.95. The lowest BCUT2D eigenvalue weighted by molar-refractivity contribution is -0.114. The van der Waals surface area contributed by atoms with Crippen LogP contribution in [0.25, 0.3) is 0 Å². The lowest BCUT2D eigenvalue weighted by atomic mass is 10.1. The predicted octanol–water partition coefficient (Wildman–Crippen LogP) is 2.12. The van der Waals surface area contributed by atoms with Gasteiger partial charge in [-0.3, -0.25) is 9.59 Å². The van der Waals surface area contributed by atoms with Crippen LogP contribution in [0.2, 0.25) is 0 Å². The summed E-state index contributed by atoms with van der Waals surface area (Å²) in [5, 5.41) is 15.5. The third-order valence-electron chi connectivity index (χ3n) is 3.40. The van der Waals surface area contributed by atoms with Crippen LogP contribution in [0.3, 0.4) is 0 Å². The number of nitrogens with one attached hydrogen (secondary N) is 2. The number of hydrogen-bond acceptors (Lipinski definition) is 4. The maximum atomic E-state index is 12.1. The van der Waals surface area contributed by atoms with Gasteiger partial charge in [0, 0.05) is 24.7 Å². The quantitative estimate of drug-likeness (QED) is 0.758. The van der Waals surface area contributed by atoms with E-state index in [2.05, 4.69) is 10.6 Å². The standard InChI is InChI=1S/C18H20N2O4/c1-12(21)20-15-8-6-13(7-9-15)18(23)19-11-17(22)14-4-3-5-16(10-14)24-2/h3-10,17,22H,11H2,1-2H3,(H,19,23)(H,20,21). The minimum absolute atomic E-state index is 0.0828. The van der Waals surface area contributed by atoms with Gasteiger partial charge >= 0.3 is 0 Å². The van der Waals surface area contributed by atoms with E-state index in [1.807, 2.05) is 0 Å². The Bertz CT molecular complexity index is 713. The van der Waals surface area contributed by atoms with Gasteiger partial charge in [-0.2, -0.15) is 0 Å². The summed E-state index contributed by atoms with van der Waals surface area (Å²) in [6.45, 7) is 1.50. The average molecular weight is 328 g/mol. The van der Waals surface area contributed by atoms with Crippen molar-refractivity contribution in [3.63, 3.8) is 0 Å². The number of benzene rings is 2. The Morgan fingerprint density at radius 1 is 1.17 bits per heavy atom. The Balaban J connectivity index is 1.93. The zero-order chi connectivity index (χ0) is 17.5. The van der Waals surface area contributed by atoms with E-state index in [-0.39, 0.29) is 18.4 Å². The number of methoxy groups -OCH3 is 1. The fourth-order valence-electron chi connectivity index (χ4n) is 2.17. The van der Waals surface area contributed by atoms with Gasteiger partial charge in [-0.15, -0.1) is 0 Å². The summed E-state index contributed by atoms with van der Waals surface area (Å²) in [6, 6.07) is 13.6. The molecule has 0 heterocycles. The summed E-state index contributed by atoms with van der Waals surface area (Å²) < 4.78 is 5.11. The number of rotatable bonds is 6. The van der Waals surface area contributed by atoms with Crippen LogP contribution in [0.4, 0.5) is 5.69 Å². The molecule has 126 valence electrons. The molecule has 2 aromatic carbocycles. The molecule has 0 saturated heterocycles. The molecule has 6 nitrogen and oxygen atoms in total. The minimum Gasteiger partial charge on any atom is -0.497 e. The molecule has 6 heteroatoms. The van der Waals surface area contributed by atoms with E-state index in [1.54, 1.807) is 55.6 Å². The molecule has 1 atom stereocenters. The van der Waals surface area contributed by atoms with Crippen LogP contribution in [0.1, 0.15) is 28.9 Å². The Labute approximate surface area is 140 Å². The molecule has 0 aliphatic heterocycles. The Morgan fingerprint density at radius 3 is 2.50 bits per heavy atom. The molecule has 0 radical (unpaired) electrons. The monoisotopic (exact) mass is 328 g/mol. The highest BCUT2D eigenvalue weighted by Gasteiger charge is 2.11. The highest BCUT2D eigenvalue weighted by Crippen LogP contribution is 2.18. The van der Waals surface area contributed by atoms with Crippen molar-refractivity contribution < 1.29 is 19.4 Å². The van der Waals surface area contributed by atoms with Gasteiger partial charge in [-0.05, 0) is 42.0 Å². The van der Waals surface area contributed by atoms with Gasteiger partial charge in [0.1, 0.15) is 5.75 Å². The van der Waals surface area contributed by atoms with E-state index < -0.39 is 6.10 Å². The van der Waals surface area contributed by atoms with Crippen molar-refractivity contribution in [2.24, 2.45) is 0 Å². The summed E-state index contributed by atoms with van der Waals surface area (Å²) >= 11 is 0. The second kappa shape index (κ2) is 8.12. The topological polar surface area (TPSA) is 87.7 Å². The molecule has 2 rings (SSSR count). The zero-order valence-corrected chi connectivity index (χ0v) is 13.6. The van der Waals surface area contributed by atoms with E-state index in [0.29, 0.717) is 22.6 Å². The number of hydrogen-bond donors (Lipinski definition) is 3. The molecule has 3 N–H and O–H groups in total. The van der Waals surface area contributed by atoms with Crippen LogP contribution in [0.5, 0.6) is 5.75 Å². The van der Waals surface area contributed by atoms with E-state index in [1.165, 1.54) is 6.92 Å². The second-order valence-corrected chi connectivity index (χ2v) is 5.26. The van der Waals surface area contributed by atoms with E-state index in [9.17, 15) is 14.7 Å². The molecule has 0 fully saturated rings. The summed E-state index contributed by atoms with van der Waals surface area (Å²) in [7, 11) is 1.55. The van der Waals surface area contributed by atoms with Crippen molar-refractivity contribution >= 4 is 17.5 Å². The molecular weight excluding hydrogens is 308 g/mol. The predicted molar refractivity (Wildman–Crippen MR) is 91.0 cm³/mol. The van der Waals surface area contributed by atoms with Crippen LogP contribution >= 0.6 is 0 Å². The van der Waals surface area contributed by atoms with Crippen LogP contribution in [-0.2, 0) is 4.79 Å². The van der Waals surface area contributed by atoms with Gasteiger partial charge in [0.25, 0.3) is 5.91 Å². The smallest absolute Gasteiger partial charge is 0.251 e. The first-order chi connectivity index (χ1) is 11.5. The molecule has 2 aromatic rings. The van der Waals surface area contributed by atoms with E-state index in [4.69, 9.17) is 4.74 Å². The maximum Gasteiger partial charge on any atom is 0.251 e.